The Morgan fingerprint density at radius 3 is 2.62 bits per heavy atom. The van der Waals surface area contributed by atoms with Crippen molar-refractivity contribution in [3.63, 3.8) is 0 Å². The van der Waals surface area contributed by atoms with Crippen molar-refractivity contribution in [2.45, 2.75) is 26.2 Å². The van der Waals surface area contributed by atoms with Crippen LogP contribution in [0.2, 0.25) is 0 Å². The van der Waals surface area contributed by atoms with Gasteiger partial charge in [-0.15, -0.1) is 0 Å². The number of nitrogens with two attached hydrogens (primary N) is 2. The smallest absolute Gasteiger partial charge is 0.169 e. The number of hydrogen-bond acceptors (Lipinski definition) is 3. The minimum Gasteiger partial charge on any atom is -0.409 e. The molecule has 0 aromatic heterocycles. The van der Waals surface area contributed by atoms with Gasteiger partial charge in [-0.2, -0.15) is 5.90 Å². The topological polar surface area (TPSA) is 61.3 Å². The molecule has 0 aliphatic heterocycles. The van der Waals surface area contributed by atoms with Gasteiger partial charge >= 0.3 is 0 Å². The number of hydrogen-bond donors (Lipinski definition) is 2. The third-order valence-electron chi connectivity index (χ3n) is 2.34. The fraction of sp³-hybridized carbons (Fsp3) is 0.400. The molecule has 0 aliphatic rings. The standard InChI is InChI=1S/C10H16N2O/c1-3-7(2)8-4-5-10(13-12)9(11)6-8/h4-7H,3,11-12H2,1-2H3. The van der Waals surface area contributed by atoms with Crippen molar-refractivity contribution in [1.29, 1.82) is 0 Å². The molecule has 0 fully saturated rings. The van der Waals surface area contributed by atoms with E-state index in [1.807, 2.05) is 12.1 Å². The summed E-state index contributed by atoms with van der Waals surface area (Å²) in [5.41, 5.74) is 7.54. The van der Waals surface area contributed by atoms with E-state index in [1.165, 1.54) is 5.56 Å². The molecule has 1 atom stereocenters. The molecule has 0 amide bonds. The summed E-state index contributed by atoms with van der Waals surface area (Å²) in [6.07, 6.45) is 1.10. The average molecular weight is 180 g/mol. The molecule has 3 nitrogen and oxygen atoms in total. The molecule has 0 bridgehead atoms. The lowest BCUT2D eigenvalue weighted by Gasteiger charge is -2.11. The van der Waals surface area contributed by atoms with Crippen LogP contribution in [0.3, 0.4) is 0 Å². The summed E-state index contributed by atoms with van der Waals surface area (Å²) in [4.78, 5) is 4.59. The Kier molecular flexibility index (Phi) is 3.14. The zero-order valence-corrected chi connectivity index (χ0v) is 8.08. The van der Waals surface area contributed by atoms with Gasteiger partial charge in [-0.25, -0.2) is 0 Å². The molecular weight excluding hydrogens is 164 g/mol. The molecule has 1 aromatic carbocycles. The molecule has 0 saturated carbocycles. The highest BCUT2D eigenvalue weighted by Gasteiger charge is 2.05. The molecule has 13 heavy (non-hydrogen) atoms. The first-order valence-corrected chi connectivity index (χ1v) is 4.45. The van der Waals surface area contributed by atoms with Gasteiger partial charge in [0.25, 0.3) is 0 Å². The normalized spacial score (nSPS) is 12.5. The molecule has 0 spiro atoms. The number of nitrogen functional groups attached to an aromatic ring is 1. The molecule has 1 unspecified atom stereocenters. The second-order valence-corrected chi connectivity index (χ2v) is 3.22. The van der Waals surface area contributed by atoms with E-state index < -0.39 is 0 Å². The van der Waals surface area contributed by atoms with Gasteiger partial charge in [0.2, 0.25) is 0 Å². The highest BCUT2D eigenvalue weighted by Crippen LogP contribution is 2.26. The first-order chi connectivity index (χ1) is 6.19. The van der Waals surface area contributed by atoms with Gasteiger partial charge in [-0.1, -0.05) is 19.9 Å². The summed E-state index contributed by atoms with van der Waals surface area (Å²) >= 11 is 0. The van der Waals surface area contributed by atoms with Gasteiger partial charge < -0.3 is 10.6 Å². The van der Waals surface area contributed by atoms with E-state index in [1.54, 1.807) is 6.07 Å². The van der Waals surface area contributed by atoms with Crippen LogP contribution >= 0.6 is 0 Å². The Labute approximate surface area is 78.6 Å². The molecule has 3 heteroatoms. The Bertz CT molecular complexity index is 286. The van der Waals surface area contributed by atoms with E-state index in [0.717, 1.165) is 6.42 Å². The Balaban J connectivity index is 2.95. The van der Waals surface area contributed by atoms with E-state index in [9.17, 15) is 0 Å². The van der Waals surface area contributed by atoms with Crippen LogP contribution in [0.5, 0.6) is 5.75 Å². The molecule has 0 heterocycles. The lowest BCUT2D eigenvalue weighted by molar-refractivity contribution is 0.336. The van der Waals surface area contributed by atoms with Crippen molar-refractivity contribution in [2.75, 3.05) is 5.73 Å². The molecule has 1 rings (SSSR count). The van der Waals surface area contributed by atoms with Gasteiger partial charge in [0.15, 0.2) is 5.75 Å². The Morgan fingerprint density at radius 2 is 2.15 bits per heavy atom. The van der Waals surface area contributed by atoms with E-state index >= 15 is 0 Å². The maximum atomic E-state index is 5.72. The van der Waals surface area contributed by atoms with Crippen molar-refractivity contribution in [3.8, 4) is 5.75 Å². The van der Waals surface area contributed by atoms with Crippen molar-refractivity contribution in [3.05, 3.63) is 23.8 Å². The number of benzene rings is 1. The van der Waals surface area contributed by atoms with Gasteiger partial charge in [0.1, 0.15) is 0 Å². The summed E-state index contributed by atoms with van der Waals surface area (Å²) in [5, 5.41) is 0. The minimum atomic E-state index is 0.522. The molecule has 0 radical (unpaired) electrons. The lowest BCUT2D eigenvalue weighted by atomic mass is 9.98. The van der Waals surface area contributed by atoms with E-state index in [0.29, 0.717) is 17.4 Å². The summed E-state index contributed by atoms with van der Waals surface area (Å²) in [6.45, 7) is 4.31. The maximum absolute atomic E-state index is 5.72. The van der Waals surface area contributed by atoms with Crippen LogP contribution in [-0.4, -0.2) is 0 Å². The van der Waals surface area contributed by atoms with Crippen LogP contribution in [0.4, 0.5) is 5.69 Å². The van der Waals surface area contributed by atoms with Crippen molar-refractivity contribution >= 4 is 5.69 Å². The molecule has 1 aromatic rings. The first-order valence-electron chi connectivity index (χ1n) is 4.45. The van der Waals surface area contributed by atoms with Crippen LogP contribution < -0.4 is 16.5 Å². The number of anilines is 1. The third-order valence-corrected chi connectivity index (χ3v) is 2.34. The van der Waals surface area contributed by atoms with Crippen molar-refractivity contribution in [2.24, 2.45) is 5.90 Å². The predicted octanol–water partition coefficient (Wildman–Crippen LogP) is 2.03. The lowest BCUT2D eigenvalue weighted by Crippen LogP contribution is -2.05. The van der Waals surface area contributed by atoms with Crippen molar-refractivity contribution < 1.29 is 4.84 Å². The zero-order chi connectivity index (χ0) is 9.84. The van der Waals surface area contributed by atoms with E-state index in [-0.39, 0.29) is 0 Å². The number of rotatable bonds is 3. The quantitative estimate of drug-likeness (QED) is 0.552. The van der Waals surface area contributed by atoms with Crippen LogP contribution in [0.1, 0.15) is 31.7 Å². The summed E-state index contributed by atoms with van der Waals surface area (Å²) in [5.74, 6) is 6.09. The SMILES string of the molecule is CCC(C)c1ccc(ON)c(N)c1. The maximum Gasteiger partial charge on any atom is 0.169 e. The van der Waals surface area contributed by atoms with E-state index in [4.69, 9.17) is 11.6 Å². The average Bonchev–Trinajstić information content (AvgIpc) is 2.16. The fourth-order valence-electron chi connectivity index (χ4n) is 1.22. The summed E-state index contributed by atoms with van der Waals surface area (Å²) < 4.78 is 0. The highest BCUT2D eigenvalue weighted by atomic mass is 16.6. The van der Waals surface area contributed by atoms with Crippen LogP contribution in [0, 0.1) is 0 Å². The van der Waals surface area contributed by atoms with Crippen LogP contribution in [0.15, 0.2) is 18.2 Å². The van der Waals surface area contributed by atoms with Gasteiger partial charge in [-0.05, 0) is 30.0 Å². The van der Waals surface area contributed by atoms with Gasteiger partial charge in [-0.3, -0.25) is 0 Å². The Morgan fingerprint density at radius 1 is 1.46 bits per heavy atom. The molecule has 0 aliphatic carbocycles. The zero-order valence-electron chi connectivity index (χ0n) is 8.08. The van der Waals surface area contributed by atoms with E-state index in [2.05, 4.69) is 18.7 Å². The van der Waals surface area contributed by atoms with Gasteiger partial charge in [0.05, 0.1) is 5.69 Å². The second kappa shape index (κ2) is 4.14. The third kappa shape index (κ3) is 2.12. The Hall–Kier alpha value is -1.22. The minimum absolute atomic E-state index is 0.522. The molecular formula is C10H16N2O. The van der Waals surface area contributed by atoms with Crippen LogP contribution in [-0.2, 0) is 0 Å². The first kappa shape index (κ1) is 9.86. The van der Waals surface area contributed by atoms with Crippen molar-refractivity contribution in [1.82, 2.24) is 0 Å². The van der Waals surface area contributed by atoms with Gasteiger partial charge in [0, 0.05) is 0 Å². The fourth-order valence-corrected chi connectivity index (χ4v) is 1.22. The monoisotopic (exact) mass is 180 g/mol. The second-order valence-electron chi connectivity index (χ2n) is 3.22. The molecule has 4 N–H and O–H groups in total. The summed E-state index contributed by atoms with van der Waals surface area (Å²) in [7, 11) is 0. The van der Waals surface area contributed by atoms with Crippen LogP contribution in [0.25, 0.3) is 0 Å². The highest BCUT2D eigenvalue weighted by molar-refractivity contribution is 5.54. The molecule has 0 saturated heterocycles. The summed E-state index contributed by atoms with van der Waals surface area (Å²) in [6, 6.07) is 5.71. The largest absolute Gasteiger partial charge is 0.409 e. The predicted molar refractivity (Wildman–Crippen MR) is 54.4 cm³/mol. The molecule has 72 valence electrons.